The monoisotopic (exact) mass is 602 g/mol. The molecule has 0 spiro atoms. The molecular formula is C36H30N2O5S. The maximum atomic E-state index is 14.0. The highest BCUT2D eigenvalue weighted by atomic mass is 32.2. The first-order valence-electron chi connectivity index (χ1n) is 14.1. The molecule has 0 radical (unpaired) electrons. The number of fused-ring (bicyclic) bond motifs is 2. The largest absolute Gasteiger partial charge is 0.478 e. The number of sulfone groups is 1. The molecule has 0 aliphatic carbocycles. The quantitative estimate of drug-likeness (QED) is 0.193. The van der Waals surface area contributed by atoms with Crippen molar-refractivity contribution < 1.29 is 23.1 Å². The second kappa shape index (κ2) is 11.5. The number of hydrogen-bond acceptors (Lipinski definition) is 4. The van der Waals surface area contributed by atoms with E-state index >= 15 is 0 Å². The molecule has 1 atom stereocenters. The summed E-state index contributed by atoms with van der Waals surface area (Å²) in [5.41, 5.74) is 4.63. The van der Waals surface area contributed by atoms with Crippen molar-refractivity contribution in [1.29, 1.82) is 0 Å². The maximum Gasteiger partial charge on any atom is 0.335 e. The molecule has 0 saturated carbocycles. The van der Waals surface area contributed by atoms with Crippen molar-refractivity contribution >= 4 is 43.4 Å². The molecule has 6 aromatic rings. The lowest BCUT2D eigenvalue weighted by atomic mass is 9.99. The summed E-state index contributed by atoms with van der Waals surface area (Å²) in [6.45, 7) is 2.39. The number of nitrogens with zero attached hydrogens (tertiary/aromatic N) is 1. The molecule has 1 aromatic heterocycles. The van der Waals surface area contributed by atoms with Crippen molar-refractivity contribution in [2.75, 3.05) is 6.26 Å². The molecule has 1 amide bonds. The summed E-state index contributed by atoms with van der Waals surface area (Å²) in [6.07, 6.45) is 3.13. The van der Waals surface area contributed by atoms with Gasteiger partial charge in [-0.1, -0.05) is 60.7 Å². The van der Waals surface area contributed by atoms with Gasteiger partial charge in [0.05, 0.1) is 27.6 Å². The number of amides is 1. The van der Waals surface area contributed by atoms with E-state index in [0.717, 1.165) is 38.4 Å². The van der Waals surface area contributed by atoms with Crippen LogP contribution in [-0.2, 0) is 16.4 Å². The summed E-state index contributed by atoms with van der Waals surface area (Å²) in [6, 6.07) is 33.0. The van der Waals surface area contributed by atoms with Gasteiger partial charge in [0, 0.05) is 24.4 Å². The number of carboxylic acid groups (broad SMARTS) is 1. The molecule has 0 unspecified atom stereocenters. The fourth-order valence-electron chi connectivity index (χ4n) is 5.53. The molecule has 220 valence electrons. The van der Waals surface area contributed by atoms with Gasteiger partial charge in [0.15, 0.2) is 9.84 Å². The van der Waals surface area contributed by atoms with E-state index in [0.29, 0.717) is 17.7 Å². The predicted octanol–water partition coefficient (Wildman–Crippen LogP) is 7.10. The normalized spacial score (nSPS) is 12.3. The lowest BCUT2D eigenvalue weighted by Gasteiger charge is -2.17. The second-order valence-corrected chi connectivity index (χ2v) is 13.0. The molecule has 0 aliphatic heterocycles. The van der Waals surface area contributed by atoms with Crippen molar-refractivity contribution in [3.63, 3.8) is 0 Å². The summed E-state index contributed by atoms with van der Waals surface area (Å²) < 4.78 is 26.6. The second-order valence-electron chi connectivity index (χ2n) is 11.0. The third-order valence-corrected chi connectivity index (χ3v) is 8.98. The van der Waals surface area contributed by atoms with Crippen molar-refractivity contribution in [2.24, 2.45) is 0 Å². The zero-order valence-electron chi connectivity index (χ0n) is 24.2. The van der Waals surface area contributed by atoms with Crippen LogP contribution in [0.25, 0.3) is 32.8 Å². The van der Waals surface area contributed by atoms with Crippen LogP contribution in [0.5, 0.6) is 0 Å². The number of aromatic nitrogens is 1. The molecule has 0 fully saturated rings. The van der Waals surface area contributed by atoms with E-state index in [1.807, 2.05) is 43.5 Å². The Balaban J connectivity index is 1.42. The van der Waals surface area contributed by atoms with Gasteiger partial charge in [0.2, 0.25) is 0 Å². The van der Waals surface area contributed by atoms with Crippen LogP contribution in [0.3, 0.4) is 0 Å². The van der Waals surface area contributed by atoms with Gasteiger partial charge >= 0.3 is 5.97 Å². The van der Waals surface area contributed by atoms with Crippen LogP contribution in [0.15, 0.2) is 120 Å². The van der Waals surface area contributed by atoms with E-state index in [1.165, 1.54) is 18.4 Å². The average Bonchev–Trinajstić information content (AvgIpc) is 3.42. The SMILES string of the molecule is C[C@H](NC(=O)c1cc(-c2cccc(S(C)(=O)=O)c2)cc2ccn(Cc3ccc4ccccc4c3)c12)c1ccc(C(=O)O)cc1. The van der Waals surface area contributed by atoms with Gasteiger partial charge in [-0.2, -0.15) is 0 Å². The Labute approximate surface area is 255 Å². The van der Waals surface area contributed by atoms with E-state index in [-0.39, 0.29) is 16.4 Å². The van der Waals surface area contributed by atoms with Gasteiger partial charge in [-0.15, -0.1) is 0 Å². The van der Waals surface area contributed by atoms with Crippen molar-refractivity contribution in [1.82, 2.24) is 9.88 Å². The highest BCUT2D eigenvalue weighted by Gasteiger charge is 2.20. The Hall–Kier alpha value is -5.21. The first-order chi connectivity index (χ1) is 21.1. The third-order valence-electron chi connectivity index (χ3n) is 7.87. The van der Waals surface area contributed by atoms with Gasteiger partial charge in [-0.25, -0.2) is 13.2 Å². The predicted molar refractivity (Wildman–Crippen MR) is 173 cm³/mol. The molecule has 6 rings (SSSR count). The Morgan fingerprint density at radius 2 is 1.55 bits per heavy atom. The first-order valence-corrected chi connectivity index (χ1v) is 16.0. The zero-order chi connectivity index (χ0) is 31.0. The summed E-state index contributed by atoms with van der Waals surface area (Å²) in [4.78, 5) is 25.5. The van der Waals surface area contributed by atoms with E-state index < -0.39 is 21.8 Å². The molecule has 1 heterocycles. The minimum absolute atomic E-state index is 0.171. The Kier molecular flexibility index (Phi) is 7.53. The topological polar surface area (TPSA) is 105 Å². The number of aromatic carboxylic acids is 1. The third kappa shape index (κ3) is 5.85. The molecule has 0 aliphatic rings. The molecular weight excluding hydrogens is 572 g/mol. The number of nitrogens with one attached hydrogen (secondary N) is 1. The molecule has 44 heavy (non-hydrogen) atoms. The summed E-state index contributed by atoms with van der Waals surface area (Å²) in [5.74, 6) is -1.32. The van der Waals surface area contributed by atoms with Crippen LogP contribution in [0.4, 0.5) is 0 Å². The van der Waals surface area contributed by atoms with Crippen LogP contribution < -0.4 is 5.32 Å². The standard InChI is InChI=1S/C36H30N2O5S/c1-23(25-12-14-27(15-13-25)36(40)41)37-35(39)33-21-31(29-8-5-9-32(20-29)44(2,42)43)19-30-16-17-38(34(30)33)22-24-10-11-26-6-3-4-7-28(26)18-24/h3-21,23H,22H2,1-2H3,(H,37,39)(H,40,41)/t23-/m0/s1. The van der Waals surface area contributed by atoms with Gasteiger partial charge in [0.1, 0.15) is 0 Å². The minimum Gasteiger partial charge on any atom is -0.478 e. The van der Waals surface area contributed by atoms with Crippen molar-refractivity contribution in [2.45, 2.75) is 24.4 Å². The molecule has 5 aromatic carbocycles. The smallest absolute Gasteiger partial charge is 0.335 e. The van der Waals surface area contributed by atoms with E-state index in [9.17, 15) is 23.1 Å². The highest BCUT2D eigenvalue weighted by Crippen LogP contribution is 2.31. The van der Waals surface area contributed by atoms with Crippen LogP contribution in [-0.4, -0.2) is 36.2 Å². The first kappa shape index (κ1) is 28.9. The van der Waals surface area contributed by atoms with Gasteiger partial charge in [0.25, 0.3) is 5.91 Å². The lowest BCUT2D eigenvalue weighted by molar-refractivity contribution is 0.0696. The number of carbonyl (C=O) groups is 2. The molecule has 2 N–H and O–H groups in total. The van der Waals surface area contributed by atoms with E-state index in [1.54, 1.807) is 36.4 Å². The van der Waals surface area contributed by atoms with Crippen LogP contribution in [0.1, 0.15) is 44.8 Å². The Morgan fingerprint density at radius 3 is 2.27 bits per heavy atom. The summed E-state index contributed by atoms with van der Waals surface area (Å²) in [5, 5.41) is 15.5. The van der Waals surface area contributed by atoms with Crippen LogP contribution >= 0.6 is 0 Å². The molecule has 8 heteroatoms. The number of hydrogen-bond donors (Lipinski definition) is 2. The van der Waals surface area contributed by atoms with Crippen LogP contribution in [0.2, 0.25) is 0 Å². The Bertz CT molecular complexity index is 2170. The number of carboxylic acids is 1. The van der Waals surface area contributed by atoms with Gasteiger partial charge in [-0.05, 0) is 88.5 Å². The zero-order valence-corrected chi connectivity index (χ0v) is 25.0. The van der Waals surface area contributed by atoms with E-state index in [2.05, 4.69) is 40.2 Å². The minimum atomic E-state index is -3.42. The fraction of sp³-hybridized carbons (Fsp3) is 0.111. The van der Waals surface area contributed by atoms with E-state index in [4.69, 9.17) is 0 Å². The Morgan fingerprint density at radius 1 is 0.795 bits per heavy atom. The van der Waals surface area contributed by atoms with Gasteiger partial charge < -0.3 is 15.0 Å². The summed E-state index contributed by atoms with van der Waals surface area (Å²) in [7, 11) is -3.42. The lowest BCUT2D eigenvalue weighted by Crippen LogP contribution is -2.27. The number of rotatable bonds is 8. The highest BCUT2D eigenvalue weighted by molar-refractivity contribution is 7.90. The molecule has 7 nitrogen and oxygen atoms in total. The van der Waals surface area contributed by atoms with Crippen LogP contribution in [0, 0.1) is 0 Å². The summed E-state index contributed by atoms with van der Waals surface area (Å²) >= 11 is 0. The van der Waals surface area contributed by atoms with Gasteiger partial charge in [-0.3, -0.25) is 4.79 Å². The molecule has 0 saturated heterocycles. The molecule has 0 bridgehead atoms. The van der Waals surface area contributed by atoms with Crippen molar-refractivity contribution in [3.8, 4) is 11.1 Å². The maximum absolute atomic E-state index is 14.0. The fourth-order valence-corrected chi connectivity index (χ4v) is 6.20. The average molecular weight is 603 g/mol. The number of carbonyl (C=O) groups excluding carboxylic acids is 1. The number of benzene rings is 5. The van der Waals surface area contributed by atoms with Crippen molar-refractivity contribution in [3.05, 3.63) is 138 Å².